The normalized spacial score (nSPS) is 14.3. The van der Waals surface area contributed by atoms with Crippen molar-refractivity contribution in [1.82, 2.24) is 19.7 Å². The van der Waals surface area contributed by atoms with Crippen molar-refractivity contribution in [2.75, 3.05) is 18.0 Å². The van der Waals surface area contributed by atoms with E-state index in [-0.39, 0.29) is 18.1 Å². The molecule has 28 heavy (non-hydrogen) atoms. The summed E-state index contributed by atoms with van der Waals surface area (Å²) in [6, 6.07) is 9.23. The fourth-order valence-electron chi connectivity index (χ4n) is 3.43. The zero-order valence-electron chi connectivity index (χ0n) is 14.6. The number of hydrogen-bond donors (Lipinski definition) is 1. The van der Waals surface area contributed by atoms with Crippen LogP contribution in [0, 0.1) is 0 Å². The van der Waals surface area contributed by atoms with Gasteiger partial charge in [0.05, 0.1) is 18.8 Å². The second-order valence-electron chi connectivity index (χ2n) is 6.45. The number of fused-ring (bicyclic) bond motifs is 6. The molecule has 0 atom stereocenters. The quantitative estimate of drug-likeness (QED) is 0.703. The molecule has 0 unspecified atom stereocenters. The maximum atomic E-state index is 13.0. The van der Waals surface area contributed by atoms with Crippen LogP contribution in [0.4, 0.5) is 5.95 Å². The van der Waals surface area contributed by atoms with E-state index in [0.29, 0.717) is 36.3 Å². The smallest absolute Gasteiger partial charge is 0.350 e. The van der Waals surface area contributed by atoms with E-state index < -0.39 is 0 Å². The summed E-state index contributed by atoms with van der Waals surface area (Å²) in [7, 11) is 0. The minimum Gasteiger partial charge on any atom is -0.350 e. The predicted molar refractivity (Wildman–Crippen MR) is 108 cm³/mol. The summed E-state index contributed by atoms with van der Waals surface area (Å²) in [5, 5.41) is 9.71. The number of thiophene rings is 1. The fraction of sp³-hybridized carbons (Fsp3) is 0.222. The number of nitrogens with one attached hydrogen (secondary N) is 1. The lowest BCUT2D eigenvalue weighted by atomic mass is 10.1. The fourth-order valence-corrected chi connectivity index (χ4v) is 4.24. The average molecular weight is 415 g/mol. The lowest BCUT2D eigenvalue weighted by Crippen LogP contribution is -2.38. The van der Waals surface area contributed by atoms with Gasteiger partial charge in [0, 0.05) is 22.0 Å². The number of carbonyl (C=O) groups excluding carboxylic acids is 1. The standard InChI is InChI=1S/C18H15ClN6O2S/c19-11-3-4-13-14(8-11)25-17(23-6-5-20-16(13)23)22-24(18(25)27)10-15(26)21-9-12-2-1-7-28-12/h1-4,7-8H,5-6,9-10H2,(H,21,26). The van der Waals surface area contributed by atoms with E-state index in [2.05, 4.69) is 15.4 Å². The molecule has 8 nitrogen and oxygen atoms in total. The van der Waals surface area contributed by atoms with Crippen molar-refractivity contribution in [1.29, 1.82) is 0 Å². The molecule has 3 aromatic rings. The van der Waals surface area contributed by atoms with Gasteiger partial charge in [-0.2, -0.15) is 0 Å². The van der Waals surface area contributed by atoms with Crippen LogP contribution in [-0.4, -0.2) is 39.2 Å². The summed E-state index contributed by atoms with van der Waals surface area (Å²) in [6.45, 7) is 1.54. The second kappa shape index (κ2) is 6.61. The Kier molecular flexibility index (Phi) is 4.06. The molecule has 2 aliphatic heterocycles. The first kappa shape index (κ1) is 17.2. The van der Waals surface area contributed by atoms with Crippen LogP contribution in [0.5, 0.6) is 0 Å². The topological polar surface area (TPSA) is 84.5 Å². The van der Waals surface area contributed by atoms with Crippen LogP contribution in [0.3, 0.4) is 0 Å². The van der Waals surface area contributed by atoms with Crippen molar-refractivity contribution < 1.29 is 4.79 Å². The van der Waals surface area contributed by atoms with Crippen LogP contribution in [0.15, 0.2) is 45.5 Å². The maximum Gasteiger partial charge on any atom is 0.352 e. The summed E-state index contributed by atoms with van der Waals surface area (Å²) in [5.74, 6) is 0.966. The molecular weight excluding hydrogens is 400 g/mol. The Balaban J connectivity index is 1.49. The highest BCUT2D eigenvalue weighted by Gasteiger charge is 2.34. The second-order valence-corrected chi connectivity index (χ2v) is 7.92. The zero-order valence-corrected chi connectivity index (χ0v) is 16.2. The van der Waals surface area contributed by atoms with Gasteiger partial charge in [0.25, 0.3) is 0 Å². The first-order chi connectivity index (χ1) is 13.6. The number of carbonyl (C=O) groups is 1. The number of amides is 1. The molecule has 142 valence electrons. The molecule has 2 aliphatic rings. The number of amidine groups is 1. The Morgan fingerprint density at radius 2 is 2.21 bits per heavy atom. The Morgan fingerprint density at radius 1 is 1.32 bits per heavy atom. The van der Waals surface area contributed by atoms with Crippen LogP contribution < -0.4 is 15.9 Å². The van der Waals surface area contributed by atoms with Gasteiger partial charge in [-0.3, -0.25) is 14.7 Å². The van der Waals surface area contributed by atoms with E-state index in [1.165, 1.54) is 9.25 Å². The van der Waals surface area contributed by atoms with Gasteiger partial charge < -0.3 is 5.32 Å². The molecule has 1 aromatic carbocycles. The van der Waals surface area contributed by atoms with Crippen LogP contribution in [0.25, 0.3) is 5.69 Å². The molecule has 4 heterocycles. The van der Waals surface area contributed by atoms with Gasteiger partial charge >= 0.3 is 5.69 Å². The van der Waals surface area contributed by atoms with Crippen LogP contribution in [0.2, 0.25) is 5.02 Å². The number of anilines is 1. The van der Waals surface area contributed by atoms with Crippen molar-refractivity contribution >= 4 is 40.6 Å². The molecule has 0 fully saturated rings. The Morgan fingerprint density at radius 3 is 3.04 bits per heavy atom. The Labute approximate surface area is 168 Å². The van der Waals surface area contributed by atoms with Crippen LogP contribution >= 0.6 is 22.9 Å². The van der Waals surface area contributed by atoms with Crippen molar-refractivity contribution in [3.63, 3.8) is 0 Å². The van der Waals surface area contributed by atoms with E-state index in [4.69, 9.17) is 11.6 Å². The molecule has 1 amide bonds. The molecule has 0 saturated carbocycles. The van der Waals surface area contributed by atoms with Gasteiger partial charge in [-0.05, 0) is 29.6 Å². The van der Waals surface area contributed by atoms with E-state index >= 15 is 0 Å². The maximum absolute atomic E-state index is 13.0. The number of hydrogen-bond acceptors (Lipinski definition) is 6. The number of benzene rings is 1. The third kappa shape index (κ3) is 2.74. The molecule has 0 bridgehead atoms. The highest BCUT2D eigenvalue weighted by molar-refractivity contribution is 7.09. The number of rotatable bonds is 4. The summed E-state index contributed by atoms with van der Waals surface area (Å²) in [4.78, 5) is 32.8. The van der Waals surface area contributed by atoms with Crippen molar-refractivity contribution in [2.45, 2.75) is 13.1 Å². The molecule has 5 rings (SSSR count). The third-order valence-corrected chi connectivity index (χ3v) is 5.79. The van der Waals surface area contributed by atoms with E-state index in [9.17, 15) is 9.59 Å². The first-order valence-electron chi connectivity index (χ1n) is 8.73. The van der Waals surface area contributed by atoms with E-state index in [1.807, 2.05) is 28.5 Å². The van der Waals surface area contributed by atoms with Gasteiger partial charge in [0.2, 0.25) is 11.9 Å². The lowest BCUT2D eigenvalue weighted by Gasteiger charge is -2.26. The largest absolute Gasteiger partial charge is 0.352 e. The molecule has 2 aromatic heterocycles. The van der Waals surface area contributed by atoms with Gasteiger partial charge in [-0.25, -0.2) is 14.0 Å². The minimum absolute atomic E-state index is 0.152. The van der Waals surface area contributed by atoms with Crippen LogP contribution in [-0.2, 0) is 17.9 Å². The van der Waals surface area contributed by atoms with Gasteiger partial charge in [-0.1, -0.05) is 17.7 Å². The van der Waals surface area contributed by atoms with Crippen LogP contribution in [0.1, 0.15) is 10.4 Å². The molecule has 0 saturated heterocycles. The number of halogens is 1. The molecule has 1 N–H and O–H groups in total. The molecule has 0 spiro atoms. The van der Waals surface area contributed by atoms with E-state index in [0.717, 1.165) is 16.3 Å². The summed E-state index contributed by atoms with van der Waals surface area (Å²) >= 11 is 7.73. The number of aliphatic imine (C=N–C) groups is 1. The molecule has 0 aliphatic carbocycles. The van der Waals surface area contributed by atoms with Gasteiger partial charge in [0.1, 0.15) is 12.4 Å². The van der Waals surface area contributed by atoms with Crippen molar-refractivity contribution in [3.8, 4) is 5.69 Å². The summed E-state index contributed by atoms with van der Waals surface area (Å²) in [6.07, 6.45) is 0. The average Bonchev–Trinajstić information content (AvgIpc) is 3.41. The molecule has 0 radical (unpaired) electrons. The number of aromatic nitrogens is 3. The zero-order chi connectivity index (χ0) is 19.3. The molecule has 10 heteroatoms. The van der Waals surface area contributed by atoms with Gasteiger partial charge in [-0.15, -0.1) is 16.4 Å². The summed E-state index contributed by atoms with van der Waals surface area (Å²) in [5.41, 5.74) is 1.09. The minimum atomic E-state index is -0.379. The highest BCUT2D eigenvalue weighted by atomic mass is 35.5. The SMILES string of the molecule is O=C(Cn1nc2n(c1=O)-c1cc(Cl)ccc1C1=NCCN12)NCc1cccs1. The van der Waals surface area contributed by atoms with Gasteiger partial charge in [0.15, 0.2) is 0 Å². The monoisotopic (exact) mass is 414 g/mol. The molecular formula is C18H15ClN6O2S. The van der Waals surface area contributed by atoms with Crippen molar-refractivity contribution in [2.24, 2.45) is 4.99 Å². The third-order valence-electron chi connectivity index (χ3n) is 4.68. The van der Waals surface area contributed by atoms with E-state index in [1.54, 1.807) is 23.5 Å². The Bertz CT molecular complexity index is 1160. The van der Waals surface area contributed by atoms with Crippen molar-refractivity contribution in [3.05, 3.63) is 61.7 Å². The summed E-state index contributed by atoms with van der Waals surface area (Å²) < 4.78 is 2.68. The predicted octanol–water partition coefficient (Wildman–Crippen LogP) is 1.65. The lowest BCUT2D eigenvalue weighted by molar-refractivity contribution is -0.122. The highest BCUT2D eigenvalue weighted by Crippen LogP contribution is 2.31. The Hall–Kier alpha value is -2.91. The first-order valence-corrected chi connectivity index (χ1v) is 9.99. The number of nitrogens with zero attached hydrogens (tertiary/aromatic N) is 5.